The van der Waals surface area contributed by atoms with Gasteiger partial charge in [-0.05, 0) is 83.5 Å². The maximum absolute atomic E-state index is 12.5. The molecule has 42 heavy (non-hydrogen) atoms. The van der Waals surface area contributed by atoms with Gasteiger partial charge < -0.3 is 13.3 Å². The summed E-state index contributed by atoms with van der Waals surface area (Å²) in [5, 5.41) is 0.754. The molecule has 0 aromatic heterocycles. The topological polar surface area (TPSA) is 61.8 Å². The Balaban J connectivity index is 2.64. The van der Waals surface area contributed by atoms with Gasteiger partial charge in [-0.2, -0.15) is 0 Å². The fraction of sp³-hybridized carbons (Fsp3) is 0.941. The lowest BCUT2D eigenvalue weighted by Crippen LogP contribution is -2.46. The molecule has 8 heteroatoms. The van der Waals surface area contributed by atoms with E-state index >= 15 is 0 Å². The molecule has 0 bridgehead atoms. The number of rotatable bonds is 27. The van der Waals surface area contributed by atoms with Crippen LogP contribution in [0.25, 0.3) is 0 Å². The second-order valence-electron chi connectivity index (χ2n) is 12.1. The van der Waals surface area contributed by atoms with Crippen molar-refractivity contribution in [1.29, 1.82) is 0 Å². The molecular formula is C34H66O5S2Si. The summed E-state index contributed by atoms with van der Waals surface area (Å²) in [5.74, 6) is 3.80. The van der Waals surface area contributed by atoms with Crippen LogP contribution in [-0.4, -0.2) is 50.4 Å². The number of unbranched alkanes of at least 4 members (excludes halogenated alkanes) is 8. The lowest BCUT2D eigenvalue weighted by atomic mass is 9.71. The first-order valence-electron chi connectivity index (χ1n) is 17.7. The maximum Gasteiger partial charge on any atom is 0.500 e. The Hall–Kier alpha value is 0.137. The molecule has 0 spiro atoms. The van der Waals surface area contributed by atoms with Crippen molar-refractivity contribution in [3.05, 3.63) is 0 Å². The first-order valence-corrected chi connectivity index (χ1v) is 21.6. The van der Waals surface area contributed by atoms with E-state index in [-0.39, 0.29) is 0 Å². The molecular weight excluding hydrogens is 581 g/mol. The Bertz CT molecular complexity index is 663. The van der Waals surface area contributed by atoms with E-state index in [1.54, 1.807) is 23.5 Å². The van der Waals surface area contributed by atoms with Gasteiger partial charge in [-0.25, -0.2) is 0 Å². The fourth-order valence-electron chi connectivity index (χ4n) is 6.34. The molecule has 0 heterocycles. The van der Waals surface area contributed by atoms with Gasteiger partial charge in [-0.15, -0.1) is 0 Å². The Kier molecular flexibility index (Phi) is 25.2. The van der Waals surface area contributed by atoms with Crippen LogP contribution in [0.5, 0.6) is 0 Å². The highest BCUT2D eigenvalue weighted by Crippen LogP contribution is 2.42. The molecule has 1 aliphatic rings. The van der Waals surface area contributed by atoms with Gasteiger partial charge in [0.25, 0.3) is 0 Å². The van der Waals surface area contributed by atoms with Gasteiger partial charge in [0.1, 0.15) is 0 Å². The first-order chi connectivity index (χ1) is 20.4. The Morgan fingerprint density at radius 3 is 1.62 bits per heavy atom. The number of hydrogen-bond acceptors (Lipinski definition) is 7. The van der Waals surface area contributed by atoms with Gasteiger partial charge in [0.05, 0.1) is 0 Å². The van der Waals surface area contributed by atoms with Crippen LogP contribution in [-0.2, 0) is 22.9 Å². The monoisotopic (exact) mass is 646 g/mol. The van der Waals surface area contributed by atoms with E-state index in [1.807, 2.05) is 20.8 Å². The lowest BCUT2D eigenvalue weighted by Gasteiger charge is -2.38. The summed E-state index contributed by atoms with van der Waals surface area (Å²) in [5.41, 5.74) is 0. The summed E-state index contributed by atoms with van der Waals surface area (Å²) in [6, 6.07) is 0.867. The average Bonchev–Trinajstić information content (AvgIpc) is 2.97. The van der Waals surface area contributed by atoms with Gasteiger partial charge in [-0.3, -0.25) is 9.59 Å². The van der Waals surface area contributed by atoms with Crippen LogP contribution in [0.2, 0.25) is 6.04 Å². The van der Waals surface area contributed by atoms with E-state index in [0.717, 1.165) is 62.5 Å². The minimum atomic E-state index is -2.68. The molecule has 0 aromatic carbocycles. The van der Waals surface area contributed by atoms with Gasteiger partial charge >= 0.3 is 8.80 Å². The van der Waals surface area contributed by atoms with Crippen molar-refractivity contribution in [1.82, 2.24) is 0 Å². The highest BCUT2D eigenvalue weighted by molar-refractivity contribution is 8.13. The molecule has 1 saturated carbocycles. The largest absolute Gasteiger partial charge is 0.500 e. The van der Waals surface area contributed by atoms with Crippen molar-refractivity contribution in [3.8, 4) is 0 Å². The van der Waals surface area contributed by atoms with Crippen LogP contribution in [0, 0.1) is 17.8 Å². The minimum absolute atomic E-state index is 0.374. The molecule has 0 aliphatic heterocycles. The minimum Gasteiger partial charge on any atom is -0.374 e. The van der Waals surface area contributed by atoms with Crippen molar-refractivity contribution < 1.29 is 22.9 Å². The maximum atomic E-state index is 12.5. The summed E-state index contributed by atoms with van der Waals surface area (Å²) < 4.78 is 18.6. The summed E-state index contributed by atoms with van der Waals surface area (Å²) in [4.78, 5) is 24.9. The molecule has 0 aromatic rings. The SMILES string of the molecule is CCCCCCCC(=O)SCCC1CCC(CCSC(=O)CCCCCCC)C(CC[Si](OCC)(OCC)OCC)C1. The van der Waals surface area contributed by atoms with Crippen LogP contribution in [0.15, 0.2) is 0 Å². The van der Waals surface area contributed by atoms with Crippen molar-refractivity contribution in [2.45, 2.75) is 156 Å². The summed E-state index contributed by atoms with van der Waals surface area (Å²) in [7, 11) is -2.68. The van der Waals surface area contributed by atoms with E-state index in [2.05, 4.69) is 13.8 Å². The molecule has 1 aliphatic carbocycles. The van der Waals surface area contributed by atoms with Crippen molar-refractivity contribution in [2.24, 2.45) is 17.8 Å². The Labute approximate surface area is 269 Å². The van der Waals surface area contributed by atoms with E-state index in [0.29, 0.717) is 47.8 Å². The molecule has 0 radical (unpaired) electrons. The zero-order chi connectivity index (χ0) is 30.9. The van der Waals surface area contributed by atoms with Gasteiger partial charge in [0.15, 0.2) is 10.2 Å². The standard InChI is InChI=1S/C34H66O5S2Si/c1-6-11-13-15-17-19-33(35)40-26-23-30-21-22-31(24-27-41-34(36)20-18-16-14-12-7-2)32(29-30)25-28-42(37-8-3,38-9-4)39-10-5/h30-32H,6-29H2,1-5H3. The van der Waals surface area contributed by atoms with E-state index < -0.39 is 8.80 Å². The fourth-order valence-corrected chi connectivity index (χ4v) is 11.0. The summed E-state index contributed by atoms with van der Waals surface area (Å²) in [6.07, 6.45) is 20.4. The third-order valence-electron chi connectivity index (χ3n) is 8.67. The lowest BCUT2D eigenvalue weighted by molar-refractivity contribution is -0.111. The predicted octanol–water partition coefficient (Wildman–Crippen LogP) is 10.5. The molecule has 0 saturated heterocycles. The Morgan fingerprint density at radius 2 is 1.12 bits per heavy atom. The number of carbonyl (C=O) groups is 2. The van der Waals surface area contributed by atoms with Gasteiger partial charge in [-0.1, -0.05) is 95.2 Å². The van der Waals surface area contributed by atoms with Crippen LogP contribution in [0.1, 0.15) is 150 Å². The molecule has 0 amide bonds. The van der Waals surface area contributed by atoms with Crippen LogP contribution in [0.3, 0.4) is 0 Å². The number of hydrogen-bond donors (Lipinski definition) is 0. The second-order valence-corrected chi connectivity index (χ2v) is 17.1. The zero-order valence-electron chi connectivity index (χ0n) is 28.1. The van der Waals surface area contributed by atoms with Gasteiger partial charge in [0.2, 0.25) is 0 Å². The predicted molar refractivity (Wildman–Crippen MR) is 185 cm³/mol. The third kappa shape index (κ3) is 18.8. The molecule has 3 unspecified atom stereocenters. The van der Waals surface area contributed by atoms with E-state index in [1.165, 1.54) is 70.6 Å². The second kappa shape index (κ2) is 26.4. The van der Waals surface area contributed by atoms with Gasteiger partial charge in [0, 0.05) is 50.2 Å². The average molecular weight is 647 g/mol. The summed E-state index contributed by atoms with van der Waals surface area (Å²) in [6.45, 7) is 12.4. The van der Waals surface area contributed by atoms with Crippen molar-refractivity contribution in [2.75, 3.05) is 31.3 Å². The summed E-state index contributed by atoms with van der Waals surface area (Å²) >= 11 is 3.14. The van der Waals surface area contributed by atoms with Crippen LogP contribution < -0.4 is 0 Å². The van der Waals surface area contributed by atoms with Crippen LogP contribution >= 0.6 is 23.5 Å². The molecule has 5 nitrogen and oxygen atoms in total. The molecule has 0 N–H and O–H groups in total. The van der Waals surface area contributed by atoms with Crippen molar-refractivity contribution >= 4 is 42.6 Å². The zero-order valence-corrected chi connectivity index (χ0v) is 30.7. The van der Waals surface area contributed by atoms with E-state index in [4.69, 9.17) is 13.3 Å². The first kappa shape index (κ1) is 40.2. The molecule has 1 fully saturated rings. The molecule has 248 valence electrons. The normalized spacial score (nSPS) is 19.3. The third-order valence-corrected chi connectivity index (χ3v) is 13.7. The Morgan fingerprint density at radius 1 is 0.619 bits per heavy atom. The smallest absolute Gasteiger partial charge is 0.374 e. The number of carbonyl (C=O) groups excluding carboxylic acids is 2. The highest BCUT2D eigenvalue weighted by Gasteiger charge is 2.42. The number of thioether (sulfide) groups is 2. The quantitative estimate of drug-likeness (QED) is 0.0650. The molecule has 3 atom stereocenters. The van der Waals surface area contributed by atoms with Crippen molar-refractivity contribution in [3.63, 3.8) is 0 Å². The highest BCUT2D eigenvalue weighted by atomic mass is 32.2. The molecule has 1 rings (SSSR count). The van der Waals surface area contributed by atoms with E-state index in [9.17, 15) is 9.59 Å². The van der Waals surface area contributed by atoms with Crippen LogP contribution in [0.4, 0.5) is 0 Å².